The third-order valence-corrected chi connectivity index (χ3v) is 4.78. The number of rotatable bonds is 2. The van der Waals surface area contributed by atoms with Crippen LogP contribution in [0.5, 0.6) is 0 Å². The zero-order chi connectivity index (χ0) is 10.9. The molecule has 2 aliphatic rings. The molecule has 0 aromatic rings. The van der Waals surface area contributed by atoms with Crippen molar-refractivity contribution in [2.45, 2.75) is 31.0 Å². The summed E-state index contributed by atoms with van der Waals surface area (Å²) in [6.45, 7) is 0.814. The topological polar surface area (TPSA) is 75.6 Å². The molecule has 2 heterocycles. The van der Waals surface area contributed by atoms with Gasteiger partial charge in [0.1, 0.15) is 0 Å². The number of ether oxygens (including phenoxy) is 1. The molecule has 3 atom stereocenters. The smallest absolute Gasteiger partial charge is 0.151 e. The minimum absolute atomic E-state index is 0.0231. The Labute approximate surface area is 89.7 Å². The number of hydrogen-bond donors (Lipinski definition) is 2. The Balaban J connectivity index is 1.89. The minimum Gasteiger partial charge on any atom is -0.389 e. The van der Waals surface area contributed by atoms with Gasteiger partial charge in [-0.25, -0.2) is 8.42 Å². The van der Waals surface area contributed by atoms with Crippen molar-refractivity contribution in [1.82, 2.24) is 5.32 Å². The second kappa shape index (κ2) is 4.37. The van der Waals surface area contributed by atoms with Gasteiger partial charge in [-0.1, -0.05) is 0 Å². The van der Waals surface area contributed by atoms with Crippen LogP contribution in [0.2, 0.25) is 0 Å². The van der Waals surface area contributed by atoms with Gasteiger partial charge < -0.3 is 15.2 Å². The molecule has 0 aromatic carbocycles. The summed E-state index contributed by atoms with van der Waals surface area (Å²) in [4.78, 5) is 0. The number of aliphatic hydroxyl groups excluding tert-OH is 1. The first-order valence-electron chi connectivity index (χ1n) is 5.29. The van der Waals surface area contributed by atoms with Crippen molar-refractivity contribution >= 4 is 9.84 Å². The summed E-state index contributed by atoms with van der Waals surface area (Å²) in [6, 6.07) is -0.131. The number of nitrogens with one attached hydrogen (secondary N) is 1. The molecule has 5 nitrogen and oxygen atoms in total. The van der Waals surface area contributed by atoms with E-state index in [9.17, 15) is 13.5 Å². The Hall–Kier alpha value is -0.170. The van der Waals surface area contributed by atoms with Gasteiger partial charge in [-0.15, -0.1) is 0 Å². The summed E-state index contributed by atoms with van der Waals surface area (Å²) < 4.78 is 27.9. The Kier molecular flexibility index (Phi) is 3.30. The molecule has 2 aliphatic heterocycles. The van der Waals surface area contributed by atoms with Crippen molar-refractivity contribution in [2.75, 3.05) is 24.7 Å². The molecule has 2 rings (SSSR count). The van der Waals surface area contributed by atoms with Crippen molar-refractivity contribution < 1.29 is 18.3 Å². The lowest BCUT2D eigenvalue weighted by Crippen LogP contribution is -2.49. The number of aliphatic hydroxyl groups is 1. The highest BCUT2D eigenvalue weighted by Gasteiger charge is 2.31. The van der Waals surface area contributed by atoms with Crippen LogP contribution in [0.15, 0.2) is 0 Å². The molecule has 15 heavy (non-hydrogen) atoms. The summed E-state index contributed by atoms with van der Waals surface area (Å²) in [5.41, 5.74) is 0. The first-order valence-corrected chi connectivity index (χ1v) is 7.11. The SMILES string of the molecule is O=S1(=O)CCCC(NC2COCC2O)C1. The predicted octanol–water partition coefficient (Wildman–Crippen LogP) is -1.09. The van der Waals surface area contributed by atoms with Crippen LogP contribution in [0.1, 0.15) is 12.8 Å². The van der Waals surface area contributed by atoms with Crippen LogP contribution < -0.4 is 5.32 Å². The molecule has 0 radical (unpaired) electrons. The maximum Gasteiger partial charge on any atom is 0.151 e. The summed E-state index contributed by atoms with van der Waals surface area (Å²) in [5.74, 6) is 0.491. The second-order valence-corrected chi connectivity index (χ2v) is 6.56. The van der Waals surface area contributed by atoms with Gasteiger partial charge in [0, 0.05) is 6.04 Å². The van der Waals surface area contributed by atoms with Gasteiger partial charge in [0.25, 0.3) is 0 Å². The van der Waals surface area contributed by atoms with Gasteiger partial charge in [-0.3, -0.25) is 0 Å². The average Bonchev–Trinajstić information content (AvgIpc) is 2.50. The first-order chi connectivity index (χ1) is 7.07. The highest BCUT2D eigenvalue weighted by atomic mass is 32.2. The Morgan fingerprint density at radius 1 is 1.33 bits per heavy atom. The molecule has 0 amide bonds. The number of sulfone groups is 1. The lowest BCUT2D eigenvalue weighted by atomic mass is 10.1. The molecule has 0 spiro atoms. The zero-order valence-electron chi connectivity index (χ0n) is 8.55. The normalized spacial score (nSPS) is 40.5. The summed E-state index contributed by atoms with van der Waals surface area (Å²) in [6.07, 6.45) is 1.07. The summed E-state index contributed by atoms with van der Waals surface area (Å²) in [7, 11) is -2.88. The Morgan fingerprint density at radius 2 is 2.13 bits per heavy atom. The highest BCUT2D eigenvalue weighted by molar-refractivity contribution is 7.91. The zero-order valence-corrected chi connectivity index (χ0v) is 9.37. The minimum atomic E-state index is -2.88. The maximum absolute atomic E-state index is 11.4. The van der Waals surface area contributed by atoms with Crippen molar-refractivity contribution in [1.29, 1.82) is 0 Å². The van der Waals surface area contributed by atoms with E-state index in [0.29, 0.717) is 25.4 Å². The van der Waals surface area contributed by atoms with E-state index in [2.05, 4.69) is 5.32 Å². The molecule has 6 heteroatoms. The van der Waals surface area contributed by atoms with Crippen molar-refractivity contribution in [3.63, 3.8) is 0 Å². The van der Waals surface area contributed by atoms with Gasteiger partial charge in [-0.2, -0.15) is 0 Å². The molecule has 0 aromatic heterocycles. The molecule has 2 saturated heterocycles. The van der Waals surface area contributed by atoms with Gasteiger partial charge in [0.2, 0.25) is 0 Å². The van der Waals surface area contributed by atoms with E-state index < -0.39 is 15.9 Å². The van der Waals surface area contributed by atoms with E-state index >= 15 is 0 Å². The van der Waals surface area contributed by atoms with E-state index in [1.807, 2.05) is 0 Å². The third-order valence-electron chi connectivity index (χ3n) is 2.96. The standard InChI is InChI=1S/C9H17NO4S/c11-9-5-14-4-8(9)10-7-2-1-3-15(12,13)6-7/h7-11H,1-6H2. The van der Waals surface area contributed by atoms with E-state index in [1.165, 1.54) is 0 Å². The highest BCUT2D eigenvalue weighted by Crippen LogP contribution is 2.14. The number of hydrogen-bond acceptors (Lipinski definition) is 5. The van der Waals surface area contributed by atoms with Crippen molar-refractivity contribution in [2.24, 2.45) is 0 Å². The molecule has 0 aliphatic carbocycles. The predicted molar refractivity (Wildman–Crippen MR) is 55.4 cm³/mol. The summed E-state index contributed by atoms with van der Waals surface area (Å²) in [5, 5.41) is 12.7. The van der Waals surface area contributed by atoms with Crippen LogP contribution in [-0.4, -0.2) is 56.4 Å². The van der Waals surface area contributed by atoms with E-state index in [0.717, 1.165) is 6.42 Å². The van der Waals surface area contributed by atoms with Gasteiger partial charge >= 0.3 is 0 Å². The molecule has 0 bridgehead atoms. The average molecular weight is 235 g/mol. The quantitative estimate of drug-likeness (QED) is 0.636. The van der Waals surface area contributed by atoms with E-state index in [4.69, 9.17) is 4.74 Å². The van der Waals surface area contributed by atoms with Crippen LogP contribution in [-0.2, 0) is 14.6 Å². The lowest BCUT2D eigenvalue weighted by molar-refractivity contribution is 0.121. The lowest BCUT2D eigenvalue weighted by Gasteiger charge is -2.26. The van der Waals surface area contributed by atoms with E-state index in [1.54, 1.807) is 0 Å². The fourth-order valence-electron chi connectivity index (χ4n) is 2.16. The van der Waals surface area contributed by atoms with Crippen LogP contribution >= 0.6 is 0 Å². The van der Waals surface area contributed by atoms with Crippen LogP contribution in [0.3, 0.4) is 0 Å². The van der Waals surface area contributed by atoms with E-state index in [-0.39, 0.29) is 17.8 Å². The molecular weight excluding hydrogens is 218 g/mol. The molecule has 88 valence electrons. The van der Waals surface area contributed by atoms with Gasteiger partial charge in [-0.05, 0) is 12.8 Å². The largest absolute Gasteiger partial charge is 0.389 e. The maximum atomic E-state index is 11.4. The molecule has 0 saturated carbocycles. The molecule has 3 unspecified atom stereocenters. The first kappa shape index (κ1) is 11.3. The van der Waals surface area contributed by atoms with Crippen molar-refractivity contribution in [3.8, 4) is 0 Å². The molecule has 2 fully saturated rings. The third kappa shape index (κ3) is 2.90. The monoisotopic (exact) mass is 235 g/mol. The van der Waals surface area contributed by atoms with Crippen molar-refractivity contribution in [3.05, 3.63) is 0 Å². The summed E-state index contributed by atoms with van der Waals surface area (Å²) >= 11 is 0. The molecule has 2 N–H and O–H groups in total. The fraction of sp³-hybridized carbons (Fsp3) is 1.00. The van der Waals surface area contributed by atoms with Crippen LogP contribution in [0.4, 0.5) is 0 Å². The Bertz CT molecular complexity index is 316. The fourth-order valence-corrected chi connectivity index (χ4v) is 3.81. The van der Waals surface area contributed by atoms with Crippen LogP contribution in [0.25, 0.3) is 0 Å². The molecular formula is C9H17NO4S. The Morgan fingerprint density at radius 3 is 2.73 bits per heavy atom. The van der Waals surface area contributed by atoms with Gasteiger partial charge in [0.05, 0.1) is 36.9 Å². The van der Waals surface area contributed by atoms with Gasteiger partial charge in [0.15, 0.2) is 9.84 Å². The van der Waals surface area contributed by atoms with Crippen LogP contribution in [0, 0.1) is 0 Å². The second-order valence-electron chi connectivity index (χ2n) is 4.33.